The quantitative estimate of drug-likeness (QED) is 0.623. The summed E-state index contributed by atoms with van der Waals surface area (Å²) in [6.07, 6.45) is -0.343. The van der Waals surface area contributed by atoms with E-state index < -0.39 is 30.2 Å². The highest BCUT2D eigenvalue weighted by Crippen LogP contribution is 2.28. The second-order valence-electron chi connectivity index (χ2n) is 5.83. The van der Waals surface area contributed by atoms with Gasteiger partial charge in [0.15, 0.2) is 6.61 Å². The molecule has 0 aliphatic heterocycles. The van der Waals surface area contributed by atoms with Gasteiger partial charge in [0.1, 0.15) is 17.3 Å². The van der Waals surface area contributed by atoms with E-state index in [1.807, 2.05) is 0 Å². The minimum Gasteiger partial charge on any atom is -0.497 e. The van der Waals surface area contributed by atoms with Crippen molar-refractivity contribution in [2.45, 2.75) is 12.8 Å². The van der Waals surface area contributed by atoms with Gasteiger partial charge in [0.25, 0.3) is 5.91 Å². The van der Waals surface area contributed by atoms with E-state index in [9.17, 15) is 18.8 Å². The number of hydrogen-bond donors (Lipinski definition) is 2. The summed E-state index contributed by atoms with van der Waals surface area (Å²) in [4.78, 5) is 35.5. The molecule has 0 spiro atoms. The number of esters is 1. The van der Waals surface area contributed by atoms with Crippen molar-refractivity contribution in [2.75, 3.05) is 31.5 Å². The molecule has 0 unspecified atom stereocenters. The largest absolute Gasteiger partial charge is 0.497 e. The van der Waals surface area contributed by atoms with Crippen LogP contribution in [0.3, 0.4) is 0 Å². The standard InChI is InChI=1S/C20H21FN2O6/c1-27-15-7-8-17(28-2)16(11-15)23-19(25)12-29-20(26)10-9-18(24)22-14-5-3-13(21)4-6-14/h3-8,11H,9-10,12H2,1-2H3,(H,22,24)(H,23,25). The molecule has 2 N–H and O–H groups in total. The van der Waals surface area contributed by atoms with Gasteiger partial charge in [-0.3, -0.25) is 14.4 Å². The molecule has 0 aliphatic carbocycles. The third-order valence-corrected chi connectivity index (χ3v) is 3.73. The summed E-state index contributed by atoms with van der Waals surface area (Å²) in [6, 6.07) is 10.1. The minimum absolute atomic E-state index is 0.137. The highest BCUT2D eigenvalue weighted by Gasteiger charge is 2.13. The molecule has 2 amide bonds. The number of ether oxygens (including phenoxy) is 3. The molecule has 0 radical (unpaired) electrons. The number of benzene rings is 2. The topological polar surface area (TPSA) is 103 Å². The molecular formula is C20H21FN2O6. The van der Waals surface area contributed by atoms with Gasteiger partial charge in [0.05, 0.1) is 26.3 Å². The first kappa shape index (κ1) is 21.7. The van der Waals surface area contributed by atoms with Gasteiger partial charge in [-0.15, -0.1) is 0 Å². The number of methoxy groups -OCH3 is 2. The molecular weight excluding hydrogens is 383 g/mol. The van der Waals surface area contributed by atoms with Crippen LogP contribution >= 0.6 is 0 Å². The van der Waals surface area contributed by atoms with Crippen LogP contribution in [0.1, 0.15) is 12.8 Å². The van der Waals surface area contributed by atoms with Crippen LogP contribution in [0, 0.1) is 5.82 Å². The monoisotopic (exact) mass is 404 g/mol. The van der Waals surface area contributed by atoms with Gasteiger partial charge in [0.2, 0.25) is 5.91 Å². The maximum atomic E-state index is 12.8. The van der Waals surface area contributed by atoms with Crippen LogP contribution in [-0.4, -0.2) is 38.6 Å². The molecule has 0 aromatic heterocycles. The van der Waals surface area contributed by atoms with Crippen LogP contribution in [0.2, 0.25) is 0 Å². The van der Waals surface area contributed by atoms with Gasteiger partial charge in [-0.1, -0.05) is 0 Å². The fraction of sp³-hybridized carbons (Fsp3) is 0.250. The van der Waals surface area contributed by atoms with Crippen molar-refractivity contribution < 1.29 is 33.0 Å². The number of nitrogens with one attached hydrogen (secondary N) is 2. The van der Waals surface area contributed by atoms with Gasteiger partial charge in [-0.25, -0.2) is 4.39 Å². The molecule has 2 aromatic carbocycles. The fourth-order valence-corrected chi connectivity index (χ4v) is 2.29. The fourth-order valence-electron chi connectivity index (χ4n) is 2.29. The third kappa shape index (κ3) is 7.13. The van der Waals surface area contributed by atoms with E-state index in [0.29, 0.717) is 22.9 Å². The number of anilines is 2. The molecule has 0 saturated carbocycles. The predicted molar refractivity (Wildman–Crippen MR) is 103 cm³/mol. The number of carbonyl (C=O) groups is 3. The molecule has 0 fully saturated rings. The van der Waals surface area contributed by atoms with E-state index in [1.165, 1.54) is 38.5 Å². The SMILES string of the molecule is COc1ccc(OC)c(NC(=O)COC(=O)CCC(=O)Nc2ccc(F)cc2)c1. The molecule has 0 atom stereocenters. The minimum atomic E-state index is -0.702. The number of carbonyl (C=O) groups excluding carboxylic acids is 3. The van der Waals surface area contributed by atoms with Crippen molar-refractivity contribution in [3.8, 4) is 11.5 Å². The molecule has 2 rings (SSSR count). The Morgan fingerprint density at radius 1 is 0.897 bits per heavy atom. The van der Waals surface area contributed by atoms with Gasteiger partial charge >= 0.3 is 5.97 Å². The summed E-state index contributed by atoms with van der Waals surface area (Å²) in [5.41, 5.74) is 0.781. The highest BCUT2D eigenvalue weighted by atomic mass is 19.1. The molecule has 0 saturated heterocycles. The lowest BCUT2D eigenvalue weighted by molar-refractivity contribution is -0.147. The van der Waals surface area contributed by atoms with E-state index in [1.54, 1.807) is 18.2 Å². The van der Waals surface area contributed by atoms with Crippen LogP contribution in [0.25, 0.3) is 0 Å². The summed E-state index contributed by atoms with van der Waals surface area (Å²) < 4.78 is 27.9. The van der Waals surface area contributed by atoms with Crippen molar-refractivity contribution in [2.24, 2.45) is 0 Å². The van der Waals surface area contributed by atoms with Crippen LogP contribution in [-0.2, 0) is 19.1 Å². The Morgan fingerprint density at radius 3 is 2.28 bits per heavy atom. The predicted octanol–water partition coefficient (Wildman–Crippen LogP) is 2.74. The molecule has 9 heteroatoms. The van der Waals surface area contributed by atoms with Gasteiger partial charge in [-0.05, 0) is 36.4 Å². The Kier molecular flexibility index (Phi) is 7.96. The summed E-state index contributed by atoms with van der Waals surface area (Å²) in [5.74, 6) is -1.18. The van der Waals surface area contributed by atoms with E-state index >= 15 is 0 Å². The Bertz CT molecular complexity index is 870. The van der Waals surface area contributed by atoms with Crippen molar-refractivity contribution in [3.05, 3.63) is 48.3 Å². The first-order valence-corrected chi connectivity index (χ1v) is 8.64. The Labute approximate surface area is 166 Å². The lowest BCUT2D eigenvalue weighted by Crippen LogP contribution is -2.22. The summed E-state index contributed by atoms with van der Waals surface area (Å²) >= 11 is 0. The first-order valence-electron chi connectivity index (χ1n) is 8.64. The number of halogens is 1. The average Bonchev–Trinajstić information content (AvgIpc) is 2.72. The maximum Gasteiger partial charge on any atom is 0.306 e. The number of amides is 2. The zero-order valence-electron chi connectivity index (χ0n) is 16.0. The molecule has 29 heavy (non-hydrogen) atoms. The zero-order valence-corrected chi connectivity index (χ0v) is 16.0. The van der Waals surface area contributed by atoms with Crippen molar-refractivity contribution in [1.29, 1.82) is 0 Å². The molecule has 0 heterocycles. The highest BCUT2D eigenvalue weighted by molar-refractivity contribution is 5.95. The summed E-state index contributed by atoms with van der Waals surface area (Å²) in [7, 11) is 2.94. The molecule has 0 aliphatic rings. The van der Waals surface area contributed by atoms with Gasteiger partial charge in [0, 0.05) is 18.2 Å². The first-order chi connectivity index (χ1) is 13.9. The van der Waals surface area contributed by atoms with Crippen LogP contribution in [0.5, 0.6) is 11.5 Å². The summed E-state index contributed by atoms with van der Waals surface area (Å²) in [5, 5.41) is 5.09. The lowest BCUT2D eigenvalue weighted by atomic mass is 10.2. The van der Waals surface area contributed by atoms with Crippen LogP contribution in [0.4, 0.5) is 15.8 Å². The second kappa shape index (κ2) is 10.6. The number of hydrogen-bond acceptors (Lipinski definition) is 6. The van der Waals surface area contributed by atoms with Gasteiger partial charge in [-0.2, -0.15) is 0 Å². The zero-order chi connectivity index (χ0) is 21.2. The van der Waals surface area contributed by atoms with Crippen molar-refractivity contribution >= 4 is 29.2 Å². The Hall–Kier alpha value is -3.62. The second-order valence-corrected chi connectivity index (χ2v) is 5.83. The van der Waals surface area contributed by atoms with E-state index in [-0.39, 0.29) is 12.8 Å². The van der Waals surface area contributed by atoms with Gasteiger partial charge < -0.3 is 24.8 Å². The Morgan fingerprint density at radius 2 is 1.62 bits per heavy atom. The normalized spacial score (nSPS) is 10.0. The molecule has 8 nitrogen and oxygen atoms in total. The summed E-state index contributed by atoms with van der Waals surface area (Å²) in [6.45, 7) is -0.515. The van der Waals surface area contributed by atoms with E-state index in [4.69, 9.17) is 14.2 Å². The Balaban J connectivity index is 1.75. The molecule has 0 bridgehead atoms. The van der Waals surface area contributed by atoms with E-state index in [2.05, 4.69) is 10.6 Å². The third-order valence-electron chi connectivity index (χ3n) is 3.73. The average molecular weight is 404 g/mol. The van der Waals surface area contributed by atoms with Crippen molar-refractivity contribution in [1.82, 2.24) is 0 Å². The van der Waals surface area contributed by atoms with Crippen LogP contribution in [0.15, 0.2) is 42.5 Å². The smallest absolute Gasteiger partial charge is 0.306 e. The maximum absolute atomic E-state index is 12.8. The van der Waals surface area contributed by atoms with Crippen molar-refractivity contribution in [3.63, 3.8) is 0 Å². The number of rotatable bonds is 9. The molecule has 2 aromatic rings. The van der Waals surface area contributed by atoms with Crippen LogP contribution < -0.4 is 20.1 Å². The van der Waals surface area contributed by atoms with E-state index in [0.717, 1.165) is 0 Å². The molecule has 154 valence electrons. The lowest BCUT2D eigenvalue weighted by Gasteiger charge is -2.12.